The van der Waals surface area contributed by atoms with Crippen LogP contribution in [0, 0.1) is 5.82 Å². The lowest BCUT2D eigenvalue weighted by atomic mass is 10.3. The molecule has 0 amide bonds. The van der Waals surface area contributed by atoms with E-state index in [1.54, 1.807) is 0 Å². The average molecular weight is 368 g/mol. The summed E-state index contributed by atoms with van der Waals surface area (Å²) in [6, 6.07) is 1.13. The molecule has 0 saturated heterocycles. The van der Waals surface area contributed by atoms with Gasteiger partial charge in [0, 0.05) is 0 Å². The second-order valence-electron chi connectivity index (χ2n) is 5.02. The molecule has 8 nitrogen and oxygen atoms in total. The Morgan fingerprint density at radius 3 is 2.17 bits per heavy atom. The Morgan fingerprint density at radius 1 is 1.17 bits per heavy atom. The molecule has 11 heteroatoms. The molecule has 3 N–H and O–H groups in total. The highest BCUT2D eigenvalue weighted by Gasteiger charge is 2.23. The molecular formula is C12H17FN2O6S2. The van der Waals surface area contributed by atoms with Gasteiger partial charge < -0.3 is 5.11 Å². The molecule has 23 heavy (non-hydrogen) atoms. The molecule has 0 fully saturated rings. The Balaban J connectivity index is 3.12. The van der Waals surface area contributed by atoms with Gasteiger partial charge in [0.25, 0.3) is 0 Å². The van der Waals surface area contributed by atoms with E-state index in [0.717, 1.165) is 19.1 Å². The first-order valence-corrected chi connectivity index (χ1v) is 9.46. The summed E-state index contributed by atoms with van der Waals surface area (Å²) in [5.74, 6) is -2.49. The number of halogens is 1. The molecule has 1 rings (SSSR count). The second kappa shape index (κ2) is 6.81. The van der Waals surface area contributed by atoms with Crippen LogP contribution in [0.2, 0.25) is 0 Å². The molecule has 1 atom stereocenters. The van der Waals surface area contributed by atoms with Gasteiger partial charge >= 0.3 is 5.97 Å². The first-order valence-electron chi connectivity index (χ1n) is 6.43. The maximum atomic E-state index is 13.9. The summed E-state index contributed by atoms with van der Waals surface area (Å²) >= 11 is 0. The molecule has 0 saturated carbocycles. The van der Waals surface area contributed by atoms with Crippen LogP contribution in [0.3, 0.4) is 0 Å². The van der Waals surface area contributed by atoms with E-state index in [1.807, 2.05) is 9.44 Å². The number of hydrogen-bond donors (Lipinski definition) is 3. The Labute approximate surface area is 133 Å². The molecule has 0 aliphatic carbocycles. The summed E-state index contributed by atoms with van der Waals surface area (Å²) in [6.45, 7) is 3.91. The van der Waals surface area contributed by atoms with Crippen LogP contribution in [0.15, 0.2) is 23.1 Å². The minimum absolute atomic E-state index is 0.399. The van der Waals surface area contributed by atoms with Gasteiger partial charge in [0.2, 0.25) is 20.0 Å². The lowest BCUT2D eigenvalue weighted by molar-refractivity contribution is -0.138. The third-order valence-corrected chi connectivity index (χ3v) is 6.11. The molecule has 1 aromatic carbocycles. The Bertz CT molecular complexity index is 805. The lowest BCUT2D eigenvalue weighted by Crippen LogP contribution is -2.38. The van der Waals surface area contributed by atoms with Crippen molar-refractivity contribution in [3.63, 3.8) is 0 Å². The van der Waals surface area contributed by atoms with Crippen molar-refractivity contribution in [2.45, 2.75) is 37.0 Å². The zero-order valence-corrected chi connectivity index (χ0v) is 14.2. The van der Waals surface area contributed by atoms with E-state index in [2.05, 4.69) is 0 Å². The van der Waals surface area contributed by atoms with E-state index < -0.39 is 53.7 Å². The Hall–Kier alpha value is -1.72. The van der Waals surface area contributed by atoms with Crippen molar-refractivity contribution in [1.29, 1.82) is 0 Å². The second-order valence-corrected chi connectivity index (χ2v) is 8.97. The zero-order valence-electron chi connectivity index (χ0n) is 12.6. The molecule has 0 radical (unpaired) electrons. The van der Waals surface area contributed by atoms with Crippen molar-refractivity contribution in [3.05, 3.63) is 24.0 Å². The molecule has 1 aromatic rings. The van der Waals surface area contributed by atoms with Crippen molar-refractivity contribution < 1.29 is 31.1 Å². The number of sulfonamides is 2. The zero-order chi connectivity index (χ0) is 18.0. The van der Waals surface area contributed by atoms with Gasteiger partial charge in [0.15, 0.2) is 0 Å². The first kappa shape index (κ1) is 19.3. The molecule has 0 bridgehead atoms. The first-order chi connectivity index (χ1) is 10.4. The predicted molar refractivity (Wildman–Crippen MR) is 81.5 cm³/mol. The van der Waals surface area contributed by atoms with Crippen LogP contribution in [0.5, 0.6) is 0 Å². The molecule has 0 aliphatic rings. The molecule has 0 aromatic heterocycles. The van der Waals surface area contributed by atoms with Crippen molar-refractivity contribution in [2.75, 3.05) is 4.72 Å². The van der Waals surface area contributed by atoms with E-state index in [1.165, 1.54) is 13.8 Å². The molecule has 0 spiro atoms. The van der Waals surface area contributed by atoms with Gasteiger partial charge in [-0.2, -0.15) is 4.72 Å². The summed E-state index contributed by atoms with van der Waals surface area (Å²) in [5.41, 5.74) is -0.399. The quantitative estimate of drug-likeness (QED) is 0.650. The molecule has 0 unspecified atom stereocenters. The van der Waals surface area contributed by atoms with E-state index in [0.29, 0.717) is 6.07 Å². The van der Waals surface area contributed by atoms with Gasteiger partial charge in [-0.25, -0.2) is 21.2 Å². The van der Waals surface area contributed by atoms with Gasteiger partial charge in [-0.15, -0.1) is 0 Å². The maximum Gasteiger partial charge on any atom is 0.321 e. The van der Waals surface area contributed by atoms with Gasteiger partial charge in [0.1, 0.15) is 11.9 Å². The summed E-state index contributed by atoms with van der Waals surface area (Å²) in [5, 5.41) is 7.89. The predicted octanol–water partition coefficient (Wildman–Crippen LogP) is 0.727. The lowest BCUT2D eigenvalue weighted by Gasteiger charge is -2.13. The number of benzene rings is 1. The van der Waals surface area contributed by atoms with Crippen LogP contribution in [0.4, 0.5) is 10.1 Å². The Morgan fingerprint density at radius 2 is 1.74 bits per heavy atom. The van der Waals surface area contributed by atoms with Gasteiger partial charge in [-0.3, -0.25) is 9.52 Å². The summed E-state index contributed by atoms with van der Waals surface area (Å²) in [7, 11) is -8.04. The van der Waals surface area contributed by atoms with Crippen LogP contribution >= 0.6 is 0 Å². The number of carboxylic acid groups (broad SMARTS) is 1. The normalized spacial score (nSPS) is 13.8. The smallest absolute Gasteiger partial charge is 0.321 e. The van der Waals surface area contributed by atoms with Crippen LogP contribution < -0.4 is 9.44 Å². The van der Waals surface area contributed by atoms with E-state index in [-0.39, 0.29) is 0 Å². The minimum Gasteiger partial charge on any atom is -0.480 e. The number of rotatable bonds is 7. The van der Waals surface area contributed by atoms with Gasteiger partial charge in [-0.1, -0.05) is 0 Å². The third-order valence-electron chi connectivity index (χ3n) is 2.83. The SMILES string of the molecule is CC(C)S(=O)(=O)Nc1ccc(S(=O)(=O)N[C@H](C)C(=O)O)cc1F. The molecular weight excluding hydrogens is 351 g/mol. The summed E-state index contributed by atoms with van der Waals surface area (Å²) in [4.78, 5) is 10.2. The van der Waals surface area contributed by atoms with E-state index in [4.69, 9.17) is 5.11 Å². The van der Waals surface area contributed by atoms with E-state index in [9.17, 15) is 26.0 Å². The molecule has 0 aliphatic heterocycles. The number of aliphatic carboxylic acids is 1. The topological polar surface area (TPSA) is 130 Å². The molecule has 0 heterocycles. The van der Waals surface area contributed by atoms with Crippen molar-refractivity contribution in [3.8, 4) is 0 Å². The fourth-order valence-corrected chi connectivity index (χ4v) is 3.28. The maximum absolute atomic E-state index is 13.9. The van der Waals surface area contributed by atoms with Crippen LogP contribution in [0.1, 0.15) is 20.8 Å². The average Bonchev–Trinajstić information content (AvgIpc) is 2.39. The van der Waals surface area contributed by atoms with Crippen LogP contribution in [0.25, 0.3) is 0 Å². The number of nitrogens with one attached hydrogen (secondary N) is 2. The summed E-state index contributed by atoms with van der Waals surface area (Å²) < 4.78 is 65.0. The van der Waals surface area contributed by atoms with Crippen LogP contribution in [-0.2, 0) is 24.8 Å². The highest BCUT2D eigenvalue weighted by molar-refractivity contribution is 7.93. The number of carbonyl (C=O) groups is 1. The number of hydrogen-bond acceptors (Lipinski definition) is 5. The van der Waals surface area contributed by atoms with Crippen molar-refractivity contribution in [2.24, 2.45) is 0 Å². The summed E-state index contributed by atoms with van der Waals surface area (Å²) in [6.07, 6.45) is 0. The number of anilines is 1. The molecule has 130 valence electrons. The minimum atomic E-state index is -4.25. The third kappa shape index (κ3) is 4.88. The number of carboxylic acids is 1. The van der Waals surface area contributed by atoms with E-state index >= 15 is 0 Å². The largest absolute Gasteiger partial charge is 0.480 e. The highest BCUT2D eigenvalue weighted by Crippen LogP contribution is 2.21. The Kier molecular flexibility index (Phi) is 5.72. The van der Waals surface area contributed by atoms with Crippen LogP contribution in [-0.4, -0.2) is 39.2 Å². The monoisotopic (exact) mass is 368 g/mol. The van der Waals surface area contributed by atoms with Crippen molar-refractivity contribution in [1.82, 2.24) is 4.72 Å². The van der Waals surface area contributed by atoms with Gasteiger partial charge in [0.05, 0.1) is 15.8 Å². The fraction of sp³-hybridized carbons (Fsp3) is 0.417. The fourth-order valence-electron chi connectivity index (χ4n) is 1.37. The standard InChI is InChI=1S/C12H17FN2O6S2/c1-7(2)22(18,19)15-11-5-4-9(6-10(11)13)23(20,21)14-8(3)12(16)17/h4-8,14-15H,1-3H3,(H,16,17)/t8-/m1/s1. The highest BCUT2D eigenvalue weighted by atomic mass is 32.2. The van der Waals surface area contributed by atoms with Crippen molar-refractivity contribution >= 4 is 31.7 Å². The van der Waals surface area contributed by atoms with Gasteiger partial charge in [-0.05, 0) is 39.0 Å².